The van der Waals surface area contributed by atoms with Crippen molar-refractivity contribution >= 4 is 28.4 Å². The molecule has 128 valence electrons. The van der Waals surface area contributed by atoms with Crippen LogP contribution in [0.1, 0.15) is 62.9 Å². The first kappa shape index (κ1) is 16.0. The maximum Gasteiger partial charge on any atom is 0.270 e. The second kappa shape index (κ2) is 5.52. The zero-order valence-corrected chi connectivity index (χ0v) is 15.2. The Morgan fingerprint density at radius 2 is 1.96 bits per heavy atom. The molecule has 1 N–H and O–H groups in total. The average Bonchev–Trinajstić information content (AvgIpc) is 3.07. The zero-order valence-electron chi connectivity index (χ0n) is 14.5. The molecule has 1 aromatic carbocycles. The second-order valence-corrected chi connectivity index (χ2v) is 8.73. The van der Waals surface area contributed by atoms with Crippen LogP contribution in [-0.2, 0) is 0 Å². The summed E-state index contributed by atoms with van der Waals surface area (Å²) in [6.45, 7) is 5.32. The van der Waals surface area contributed by atoms with Gasteiger partial charge in [0, 0.05) is 28.0 Å². The summed E-state index contributed by atoms with van der Waals surface area (Å²) in [6, 6.07) is 7.65. The molecule has 0 bridgehead atoms. The summed E-state index contributed by atoms with van der Waals surface area (Å²) in [5.74, 6) is 0.106. The number of fused-ring (bicyclic) bond motifs is 1. The lowest BCUT2D eigenvalue weighted by atomic mass is 9.71. The molecule has 4 heteroatoms. The van der Waals surface area contributed by atoms with E-state index < -0.39 is 0 Å². The number of hydrogen-bond acceptors (Lipinski definition) is 1. The van der Waals surface area contributed by atoms with Crippen molar-refractivity contribution in [1.82, 2.24) is 9.88 Å². The summed E-state index contributed by atoms with van der Waals surface area (Å²) >= 11 is 6.26. The minimum absolute atomic E-state index is 0.0878. The second-order valence-electron chi connectivity index (χ2n) is 8.33. The van der Waals surface area contributed by atoms with E-state index in [0.29, 0.717) is 16.1 Å². The molecule has 2 heterocycles. The fraction of sp³-hybridized carbons (Fsp3) is 0.550. The van der Waals surface area contributed by atoms with Crippen LogP contribution in [0.15, 0.2) is 24.3 Å². The molecule has 2 aromatic rings. The number of amides is 1. The average molecular weight is 345 g/mol. The van der Waals surface area contributed by atoms with Gasteiger partial charge in [0.05, 0.1) is 0 Å². The van der Waals surface area contributed by atoms with Crippen LogP contribution in [0.3, 0.4) is 0 Å². The Balaban J connectivity index is 1.66. The Bertz CT molecular complexity index is 786. The third kappa shape index (κ3) is 2.54. The minimum Gasteiger partial charge on any atom is -0.350 e. The Hall–Kier alpha value is -1.48. The van der Waals surface area contributed by atoms with E-state index in [0.717, 1.165) is 23.9 Å². The predicted molar refractivity (Wildman–Crippen MR) is 98.6 cm³/mol. The van der Waals surface area contributed by atoms with Gasteiger partial charge in [-0.05, 0) is 56.7 Å². The third-order valence-corrected chi connectivity index (χ3v) is 6.36. The summed E-state index contributed by atoms with van der Waals surface area (Å²) in [6.07, 6.45) is 7.60. The molecule has 1 amide bonds. The Kier molecular flexibility index (Phi) is 3.68. The molecule has 1 aliphatic carbocycles. The van der Waals surface area contributed by atoms with E-state index in [2.05, 4.69) is 23.7 Å². The number of carbonyl (C=O) groups excluding carboxylic acids is 1. The normalized spacial score (nSPS) is 22.4. The fourth-order valence-electron chi connectivity index (χ4n) is 4.98. The smallest absolute Gasteiger partial charge is 0.270 e. The number of H-pyrrole nitrogens is 1. The zero-order chi connectivity index (χ0) is 16.9. The van der Waals surface area contributed by atoms with Gasteiger partial charge < -0.3 is 9.88 Å². The van der Waals surface area contributed by atoms with E-state index in [9.17, 15) is 4.79 Å². The van der Waals surface area contributed by atoms with Crippen molar-refractivity contribution in [3.8, 4) is 0 Å². The highest BCUT2D eigenvalue weighted by Gasteiger charge is 2.50. The van der Waals surface area contributed by atoms with Crippen molar-refractivity contribution in [2.24, 2.45) is 5.41 Å². The number of rotatable bonds is 1. The van der Waals surface area contributed by atoms with Gasteiger partial charge in [0.1, 0.15) is 5.69 Å². The van der Waals surface area contributed by atoms with Crippen LogP contribution in [-0.4, -0.2) is 27.9 Å². The summed E-state index contributed by atoms with van der Waals surface area (Å²) in [5, 5.41) is 1.61. The van der Waals surface area contributed by atoms with Crippen LogP contribution in [0.2, 0.25) is 5.02 Å². The summed E-state index contributed by atoms with van der Waals surface area (Å²) in [4.78, 5) is 18.6. The van der Waals surface area contributed by atoms with Crippen LogP contribution in [0.25, 0.3) is 10.9 Å². The molecule has 1 aliphatic heterocycles. The van der Waals surface area contributed by atoms with Crippen LogP contribution in [0, 0.1) is 5.41 Å². The largest absolute Gasteiger partial charge is 0.350 e. The quantitative estimate of drug-likeness (QED) is 0.739. The number of aromatic amines is 1. The molecule has 0 unspecified atom stereocenters. The standard InChI is InChI=1S/C20H25ClN2O/c1-19(2)12-20(9-4-3-5-10-20)13-23(19)18(24)17-11-14-15(21)7-6-8-16(14)22-17/h6-8,11,22H,3-5,9-10,12-13H2,1-2H3. The van der Waals surface area contributed by atoms with E-state index in [-0.39, 0.29) is 11.4 Å². The molecule has 0 radical (unpaired) electrons. The SMILES string of the molecule is CC1(C)CC2(CCCCC2)CN1C(=O)c1cc2c(Cl)cccc2[nH]1. The number of nitrogens with zero attached hydrogens (tertiary/aromatic N) is 1. The summed E-state index contributed by atoms with van der Waals surface area (Å²) in [7, 11) is 0. The van der Waals surface area contributed by atoms with Gasteiger partial charge in [-0.1, -0.05) is 36.9 Å². The van der Waals surface area contributed by atoms with Gasteiger partial charge in [-0.3, -0.25) is 4.79 Å². The minimum atomic E-state index is -0.0878. The van der Waals surface area contributed by atoms with Crippen molar-refractivity contribution in [3.63, 3.8) is 0 Å². The summed E-state index contributed by atoms with van der Waals surface area (Å²) < 4.78 is 0. The first-order chi connectivity index (χ1) is 11.4. The molecule has 3 nitrogen and oxygen atoms in total. The van der Waals surface area contributed by atoms with E-state index >= 15 is 0 Å². The van der Waals surface area contributed by atoms with E-state index in [1.165, 1.54) is 32.1 Å². The van der Waals surface area contributed by atoms with Crippen molar-refractivity contribution < 1.29 is 4.79 Å². The van der Waals surface area contributed by atoms with Crippen molar-refractivity contribution in [3.05, 3.63) is 35.0 Å². The first-order valence-corrected chi connectivity index (χ1v) is 9.37. The summed E-state index contributed by atoms with van der Waals surface area (Å²) in [5.41, 5.74) is 1.82. The topological polar surface area (TPSA) is 36.1 Å². The van der Waals surface area contributed by atoms with Gasteiger partial charge >= 0.3 is 0 Å². The number of likely N-dealkylation sites (tertiary alicyclic amines) is 1. The Labute approximate surface area is 148 Å². The molecule has 1 spiro atoms. The van der Waals surface area contributed by atoms with Crippen molar-refractivity contribution in [1.29, 1.82) is 0 Å². The highest BCUT2D eigenvalue weighted by Crippen LogP contribution is 2.50. The highest BCUT2D eigenvalue weighted by atomic mass is 35.5. The van der Waals surface area contributed by atoms with Gasteiger partial charge in [-0.15, -0.1) is 0 Å². The molecule has 1 aromatic heterocycles. The first-order valence-electron chi connectivity index (χ1n) is 9.00. The van der Waals surface area contributed by atoms with E-state index in [1.807, 2.05) is 24.3 Å². The fourth-order valence-corrected chi connectivity index (χ4v) is 5.21. The molecule has 0 atom stereocenters. The van der Waals surface area contributed by atoms with Crippen LogP contribution < -0.4 is 0 Å². The molecular formula is C20H25ClN2O. The van der Waals surface area contributed by atoms with Gasteiger partial charge in [-0.2, -0.15) is 0 Å². The molecule has 1 saturated carbocycles. The number of hydrogen-bond donors (Lipinski definition) is 1. The number of halogens is 1. The maximum absolute atomic E-state index is 13.2. The van der Waals surface area contributed by atoms with Crippen molar-refractivity contribution in [2.45, 2.75) is 57.9 Å². The third-order valence-electron chi connectivity index (χ3n) is 6.03. The van der Waals surface area contributed by atoms with Gasteiger partial charge in [0.25, 0.3) is 5.91 Å². The van der Waals surface area contributed by atoms with Crippen LogP contribution >= 0.6 is 11.6 Å². The van der Waals surface area contributed by atoms with Crippen LogP contribution in [0.4, 0.5) is 0 Å². The lowest BCUT2D eigenvalue weighted by Gasteiger charge is -2.33. The molecule has 24 heavy (non-hydrogen) atoms. The molecule has 1 saturated heterocycles. The lowest BCUT2D eigenvalue weighted by molar-refractivity contribution is 0.0633. The number of aromatic nitrogens is 1. The van der Waals surface area contributed by atoms with E-state index in [1.54, 1.807) is 0 Å². The molecular weight excluding hydrogens is 320 g/mol. The highest BCUT2D eigenvalue weighted by molar-refractivity contribution is 6.35. The van der Waals surface area contributed by atoms with Gasteiger partial charge in [0.2, 0.25) is 0 Å². The van der Waals surface area contributed by atoms with Gasteiger partial charge in [-0.25, -0.2) is 0 Å². The Morgan fingerprint density at radius 1 is 1.21 bits per heavy atom. The molecule has 4 rings (SSSR count). The van der Waals surface area contributed by atoms with Gasteiger partial charge in [0.15, 0.2) is 0 Å². The van der Waals surface area contributed by atoms with E-state index in [4.69, 9.17) is 11.6 Å². The van der Waals surface area contributed by atoms with Crippen LogP contribution in [0.5, 0.6) is 0 Å². The lowest BCUT2D eigenvalue weighted by Crippen LogP contribution is -2.43. The molecule has 2 fully saturated rings. The molecule has 2 aliphatic rings. The maximum atomic E-state index is 13.2. The predicted octanol–water partition coefficient (Wildman–Crippen LogP) is 5.40. The Morgan fingerprint density at radius 3 is 2.67 bits per heavy atom. The number of nitrogens with one attached hydrogen (secondary N) is 1. The monoisotopic (exact) mass is 344 g/mol. The number of carbonyl (C=O) groups is 1. The number of benzene rings is 1. The van der Waals surface area contributed by atoms with Crippen molar-refractivity contribution in [2.75, 3.05) is 6.54 Å².